The van der Waals surface area contributed by atoms with Gasteiger partial charge in [0.05, 0.1) is 4.92 Å². The topological polar surface area (TPSA) is 77.3 Å². The molecule has 23 heavy (non-hydrogen) atoms. The van der Waals surface area contributed by atoms with E-state index < -0.39 is 22.2 Å². The number of allylic oxidation sites excluding steroid dienone is 1. The molecule has 1 aliphatic rings. The first-order valence-corrected chi connectivity index (χ1v) is 6.97. The summed E-state index contributed by atoms with van der Waals surface area (Å²) in [6.45, 7) is 0. The lowest BCUT2D eigenvalue weighted by atomic mass is 9.88. The van der Waals surface area contributed by atoms with Gasteiger partial charge in [-0.1, -0.05) is 36.4 Å². The Morgan fingerprint density at radius 3 is 2.22 bits per heavy atom. The average molecular weight is 303 g/mol. The number of hydrogen-bond donors (Lipinski definition) is 0. The molecule has 0 N–H and O–H groups in total. The quantitative estimate of drug-likeness (QED) is 0.299. The molecule has 110 valence electrons. The normalized spacial score (nSPS) is 14.0. The van der Waals surface area contributed by atoms with E-state index in [9.17, 15) is 19.7 Å². The van der Waals surface area contributed by atoms with Crippen molar-refractivity contribution in [3.63, 3.8) is 0 Å². The third-order valence-corrected chi connectivity index (χ3v) is 4.07. The van der Waals surface area contributed by atoms with Crippen LogP contribution in [-0.4, -0.2) is 16.5 Å². The molecule has 0 bridgehead atoms. The molecule has 0 amide bonds. The summed E-state index contributed by atoms with van der Waals surface area (Å²) in [6, 6.07) is 14.9. The highest BCUT2D eigenvalue weighted by Gasteiger charge is 2.36. The molecule has 0 aliphatic heterocycles. The standard InChI is InChI=1S/C18H9NO4/c20-17-15(19(22)23)9-13-6-5-12-7-10-3-1-2-4-11(10)8-14(12)16(13)18(17)21/h1-9H. The monoisotopic (exact) mass is 303 g/mol. The van der Waals surface area contributed by atoms with E-state index in [0.717, 1.165) is 16.2 Å². The predicted octanol–water partition coefficient (Wildman–Crippen LogP) is 3.38. The molecule has 0 spiro atoms. The zero-order chi connectivity index (χ0) is 16.1. The van der Waals surface area contributed by atoms with Gasteiger partial charge in [-0.2, -0.15) is 0 Å². The fraction of sp³-hybridized carbons (Fsp3) is 0. The maximum atomic E-state index is 12.4. The van der Waals surface area contributed by atoms with Crippen LogP contribution in [0.25, 0.3) is 27.6 Å². The molecule has 0 saturated heterocycles. The van der Waals surface area contributed by atoms with E-state index in [1.54, 1.807) is 12.1 Å². The van der Waals surface area contributed by atoms with Gasteiger partial charge in [-0.25, -0.2) is 0 Å². The summed E-state index contributed by atoms with van der Waals surface area (Å²) >= 11 is 0. The van der Waals surface area contributed by atoms with E-state index in [0.29, 0.717) is 10.9 Å². The molecule has 0 aromatic heterocycles. The molecule has 0 atom stereocenters. The van der Waals surface area contributed by atoms with Gasteiger partial charge in [-0.05, 0) is 39.2 Å². The summed E-state index contributed by atoms with van der Waals surface area (Å²) in [6.07, 6.45) is 1.17. The highest BCUT2D eigenvalue weighted by molar-refractivity contribution is 6.52. The molecular weight excluding hydrogens is 294 g/mol. The molecule has 0 saturated carbocycles. The summed E-state index contributed by atoms with van der Waals surface area (Å²) < 4.78 is 0. The maximum absolute atomic E-state index is 12.4. The Morgan fingerprint density at radius 1 is 0.826 bits per heavy atom. The van der Waals surface area contributed by atoms with E-state index in [1.807, 2.05) is 36.4 Å². The van der Waals surface area contributed by atoms with Crippen LogP contribution in [0.15, 0.2) is 54.2 Å². The van der Waals surface area contributed by atoms with Gasteiger partial charge in [-0.15, -0.1) is 0 Å². The SMILES string of the molecule is O=C1C(=O)c2c(ccc3cc4ccccc4cc23)C=C1[N+](=O)[O-]. The predicted molar refractivity (Wildman–Crippen MR) is 85.8 cm³/mol. The number of hydrogen-bond acceptors (Lipinski definition) is 4. The van der Waals surface area contributed by atoms with E-state index in [2.05, 4.69) is 0 Å². The van der Waals surface area contributed by atoms with Gasteiger partial charge in [-0.3, -0.25) is 19.7 Å². The molecule has 5 heteroatoms. The summed E-state index contributed by atoms with van der Waals surface area (Å²) in [5.74, 6) is -1.89. The zero-order valence-corrected chi connectivity index (χ0v) is 11.8. The highest BCUT2D eigenvalue weighted by atomic mass is 16.6. The fourth-order valence-electron chi connectivity index (χ4n) is 2.98. The number of benzene rings is 3. The zero-order valence-electron chi connectivity index (χ0n) is 11.8. The number of nitro groups is 1. The van der Waals surface area contributed by atoms with Gasteiger partial charge in [0.2, 0.25) is 5.78 Å². The first-order valence-electron chi connectivity index (χ1n) is 6.97. The molecule has 0 fully saturated rings. The van der Waals surface area contributed by atoms with Crippen LogP contribution >= 0.6 is 0 Å². The van der Waals surface area contributed by atoms with Crippen molar-refractivity contribution in [3.8, 4) is 0 Å². The van der Waals surface area contributed by atoms with Gasteiger partial charge < -0.3 is 0 Å². The fourth-order valence-corrected chi connectivity index (χ4v) is 2.98. The Hall–Kier alpha value is -3.34. The van der Waals surface area contributed by atoms with E-state index in [-0.39, 0.29) is 5.56 Å². The lowest BCUT2D eigenvalue weighted by Gasteiger charge is -2.13. The second-order valence-corrected chi connectivity index (χ2v) is 5.40. The van der Waals surface area contributed by atoms with Crippen molar-refractivity contribution in [2.45, 2.75) is 0 Å². The van der Waals surface area contributed by atoms with E-state index in [1.165, 1.54) is 6.08 Å². The van der Waals surface area contributed by atoms with Crippen LogP contribution in [0.5, 0.6) is 0 Å². The van der Waals surface area contributed by atoms with Gasteiger partial charge in [0.1, 0.15) is 0 Å². The minimum atomic E-state index is -1.07. The number of fused-ring (bicyclic) bond motifs is 4. The number of nitrogens with zero attached hydrogens (tertiary/aromatic N) is 1. The van der Waals surface area contributed by atoms with Crippen molar-refractivity contribution in [2.75, 3.05) is 0 Å². The Balaban J connectivity index is 2.11. The van der Waals surface area contributed by atoms with Crippen LogP contribution in [0.2, 0.25) is 0 Å². The first kappa shape index (κ1) is 13.3. The van der Waals surface area contributed by atoms with Crippen LogP contribution < -0.4 is 0 Å². The number of carbonyl (C=O) groups excluding carboxylic acids is 2. The van der Waals surface area contributed by atoms with Gasteiger partial charge in [0.25, 0.3) is 0 Å². The van der Waals surface area contributed by atoms with Crippen LogP contribution in [-0.2, 0) is 4.79 Å². The lowest BCUT2D eigenvalue weighted by Crippen LogP contribution is -2.25. The van der Waals surface area contributed by atoms with Gasteiger partial charge in [0.15, 0.2) is 0 Å². The third-order valence-electron chi connectivity index (χ3n) is 4.07. The molecular formula is C18H9NO4. The summed E-state index contributed by atoms with van der Waals surface area (Å²) in [5, 5.41) is 14.3. The second kappa shape index (κ2) is 4.58. The van der Waals surface area contributed by atoms with Gasteiger partial charge in [0, 0.05) is 11.6 Å². The number of ketones is 2. The molecule has 5 nitrogen and oxygen atoms in total. The minimum Gasteiger partial charge on any atom is -0.285 e. The van der Waals surface area contributed by atoms with Crippen molar-refractivity contribution in [2.24, 2.45) is 0 Å². The Labute approximate surface area is 130 Å². The first-order chi connectivity index (χ1) is 11.1. The largest absolute Gasteiger partial charge is 0.321 e. The molecule has 1 aliphatic carbocycles. The minimum absolute atomic E-state index is 0.240. The number of carbonyl (C=O) groups is 2. The smallest absolute Gasteiger partial charge is 0.285 e. The second-order valence-electron chi connectivity index (χ2n) is 5.40. The Bertz CT molecular complexity index is 1080. The molecule has 4 rings (SSSR count). The molecule has 3 aromatic rings. The van der Waals surface area contributed by atoms with Crippen LogP contribution in [0.1, 0.15) is 15.9 Å². The highest BCUT2D eigenvalue weighted by Crippen LogP contribution is 2.32. The summed E-state index contributed by atoms with van der Waals surface area (Å²) in [7, 11) is 0. The van der Waals surface area contributed by atoms with E-state index in [4.69, 9.17) is 0 Å². The number of Topliss-reactive ketones (excluding diaryl/α,β-unsaturated/α-hetero) is 2. The van der Waals surface area contributed by atoms with E-state index >= 15 is 0 Å². The third kappa shape index (κ3) is 1.87. The van der Waals surface area contributed by atoms with Crippen molar-refractivity contribution in [3.05, 3.63) is 75.5 Å². The van der Waals surface area contributed by atoms with Crippen molar-refractivity contribution < 1.29 is 14.5 Å². The van der Waals surface area contributed by atoms with Crippen LogP contribution in [0.3, 0.4) is 0 Å². The van der Waals surface area contributed by atoms with Crippen molar-refractivity contribution >= 4 is 39.2 Å². The Kier molecular flexibility index (Phi) is 2.65. The molecule has 0 unspecified atom stereocenters. The summed E-state index contributed by atoms with van der Waals surface area (Å²) in [4.78, 5) is 34.5. The summed E-state index contributed by atoms with van der Waals surface area (Å²) in [5.41, 5.74) is -0.0319. The van der Waals surface area contributed by atoms with Crippen molar-refractivity contribution in [1.29, 1.82) is 0 Å². The maximum Gasteiger partial charge on any atom is 0.321 e. The molecule has 3 aromatic carbocycles. The molecule has 0 radical (unpaired) electrons. The average Bonchev–Trinajstić information content (AvgIpc) is 2.55. The van der Waals surface area contributed by atoms with Crippen LogP contribution in [0.4, 0.5) is 0 Å². The van der Waals surface area contributed by atoms with Crippen LogP contribution in [0, 0.1) is 10.1 Å². The Morgan fingerprint density at radius 2 is 1.52 bits per heavy atom. The van der Waals surface area contributed by atoms with Crippen molar-refractivity contribution in [1.82, 2.24) is 0 Å². The lowest BCUT2D eigenvalue weighted by molar-refractivity contribution is -0.416. The number of rotatable bonds is 1. The molecule has 0 heterocycles. The van der Waals surface area contributed by atoms with Gasteiger partial charge >= 0.3 is 11.5 Å².